The van der Waals surface area contributed by atoms with E-state index in [0.29, 0.717) is 12.1 Å². The number of rotatable bonds is 4. The predicted octanol–water partition coefficient (Wildman–Crippen LogP) is 3.02. The molecule has 6 nitrogen and oxygen atoms in total. The van der Waals surface area contributed by atoms with E-state index in [2.05, 4.69) is 15.9 Å². The van der Waals surface area contributed by atoms with E-state index < -0.39 is 0 Å². The van der Waals surface area contributed by atoms with Gasteiger partial charge >= 0.3 is 0 Å². The van der Waals surface area contributed by atoms with Gasteiger partial charge in [0.25, 0.3) is 5.56 Å². The summed E-state index contributed by atoms with van der Waals surface area (Å²) in [7, 11) is 1.87. The zero-order valence-electron chi connectivity index (χ0n) is 16.3. The summed E-state index contributed by atoms with van der Waals surface area (Å²) in [5.41, 5.74) is 3.09. The van der Waals surface area contributed by atoms with Crippen LogP contribution in [0.3, 0.4) is 0 Å². The van der Waals surface area contributed by atoms with Gasteiger partial charge in [0.05, 0.1) is 22.6 Å². The van der Waals surface area contributed by atoms with Crippen LogP contribution in [0.25, 0.3) is 5.69 Å². The Hall–Kier alpha value is -3.01. The van der Waals surface area contributed by atoms with Crippen LogP contribution < -0.4 is 10.5 Å². The number of benzene rings is 2. The summed E-state index contributed by atoms with van der Waals surface area (Å²) in [4.78, 5) is 17.2. The van der Waals surface area contributed by atoms with Crippen LogP contribution in [0, 0.1) is 11.3 Å². The molecule has 0 amide bonds. The molecular weight excluding hydrogens is 386 g/mol. The highest BCUT2D eigenvalue weighted by molar-refractivity contribution is 6.31. The molecule has 2 heterocycles. The van der Waals surface area contributed by atoms with Crippen LogP contribution in [0.2, 0.25) is 5.02 Å². The SMILES string of the molecule is Cn1c(CN2CCN(c3ccccc3C#N)CC2)c(Cl)c(=O)n1-c1ccccc1. The quantitative estimate of drug-likeness (QED) is 0.667. The molecule has 1 saturated heterocycles. The Morgan fingerprint density at radius 3 is 2.34 bits per heavy atom. The van der Waals surface area contributed by atoms with Crippen LogP contribution in [0.4, 0.5) is 5.69 Å². The van der Waals surface area contributed by atoms with Gasteiger partial charge in [-0.15, -0.1) is 0 Å². The first-order valence-corrected chi connectivity index (χ1v) is 9.96. The normalized spacial score (nSPS) is 14.7. The van der Waals surface area contributed by atoms with E-state index in [1.165, 1.54) is 0 Å². The molecule has 0 radical (unpaired) electrons. The van der Waals surface area contributed by atoms with Crippen LogP contribution in [0.15, 0.2) is 59.4 Å². The number of aromatic nitrogens is 2. The molecule has 29 heavy (non-hydrogen) atoms. The van der Waals surface area contributed by atoms with Crippen LogP contribution in [0.1, 0.15) is 11.3 Å². The lowest BCUT2D eigenvalue weighted by atomic mass is 10.1. The van der Waals surface area contributed by atoms with Crippen molar-refractivity contribution in [2.24, 2.45) is 7.05 Å². The fraction of sp³-hybridized carbons (Fsp3) is 0.273. The van der Waals surface area contributed by atoms with Crippen molar-refractivity contribution in [3.63, 3.8) is 0 Å². The third-order valence-corrected chi connectivity index (χ3v) is 5.82. The van der Waals surface area contributed by atoms with Gasteiger partial charge in [0.1, 0.15) is 11.1 Å². The molecule has 2 aromatic carbocycles. The molecule has 148 valence electrons. The first kappa shape index (κ1) is 19.3. The van der Waals surface area contributed by atoms with Gasteiger partial charge < -0.3 is 4.90 Å². The van der Waals surface area contributed by atoms with Gasteiger partial charge in [-0.2, -0.15) is 5.26 Å². The second kappa shape index (κ2) is 8.16. The average molecular weight is 408 g/mol. The fourth-order valence-corrected chi connectivity index (χ4v) is 4.11. The van der Waals surface area contributed by atoms with Crippen molar-refractivity contribution in [2.45, 2.75) is 6.54 Å². The molecule has 0 atom stereocenters. The highest BCUT2D eigenvalue weighted by atomic mass is 35.5. The number of nitrogens with zero attached hydrogens (tertiary/aromatic N) is 5. The average Bonchev–Trinajstić information content (AvgIpc) is 2.98. The first-order chi connectivity index (χ1) is 14.1. The Morgan fingerprint density at radius 2 is 1.66 bits per heavy atom. The summed E-state index contributed by atoms with van der Waals surface area (Å²) < 4.78 is 3.45. The monoisotopic (exact) mass is 407 g/mol. The second-order valence-corrected chi connectivity index (χ2v) is 7.51. The Bertz CT molecular complexity index is 1100. The van der Waals surface area contributed by atoms with Gasteiger partial charge in [-0.25, -0.2) is 4.68 Å². The third-order valence-electron chi connectivity index (χ3n) is 5.44. The highest BCUT2D eigenvalue weighted by Crippen LogP contribution is 2.23. The lowest BCUT2D eigenvalue weighted by molar-refractivity contribution is 0.243. The maximum Gasteiger partial charge on any atom is 0.290 e. The number of halogens is 1. The lowest BCUT2D eigenvalue weighted by Gasteiger charge is -2.36. The number of anilines is 1. The molecule has 0 saturated carbocycles. The number of hydrogen-bond donors (Lipinski definition) is 0. The molecule has 1 aliphatic rings. The Morgan fingerprint density at radius 1 is 1.00 bits per heavy atom. The number of para-hydroxylation sites is 2. The van der Waals surface area contributed by atoms with E-state index in [-0.39, 0.29) is 10.6 Å². The zero-order chi connectivity index (χ0) is 20.4. The van der Waals surface area contributed by atoms with Gasteiger partial charge in [0.15, 0.2) is 0 Å². The van der Waals surface area contributed by atoms with Crippen molar-refractivity contribution in [3.05, 3.63) is 81.2 Å². The van der Waals surface area contributed by atoms with Gasteiger partial charge in [-0.05, 0) is 24.3 Å². The van der Waals surface area contributed by atoms with Crippen molar-refractivity contribution in [1.29, 1.82) is 5.26 Å². The summed E-state index contributed by atoms with van der Waals surface area (Å²) in [6.45, 7) is 3.92. The summed E-state index contributed by atoms with van der Waals surface area (Å²) in [6.07, 6.45) is 0. The lowest BCUT2D eigenvalue weighted by Crippen LogP contribution is -2.46. The summed E-state index contributed by atoms with van der Waals surface area (Å²) in [5.74, 6) is 0. The smallest absolute Gasteiger partial charge is 0.290 e. The van der Waals surface area contributed by atoms with Gasteiger partial charge in [0, 0.05) is 39.8 Å². The zero-order valence-corrected chi connectivity index (χ0v) is 17.0. The summed E-state index contributed by atoms with van der Waals surface area (Å²) in [6, 6.07) is 19.5. The van der Waals surface area contributed by atoms with Crippen LogP contribution in [0.5, 0.6) is 0 Å². The minimum Gasteiger partial charge on any atom is -0.368 e. The molecule has 0 aliphatic carbocycles. The molecule has 0 N–H and O–H groups in total. The molecule has 4 rings (SSSR count). The van der Waals surface area contributed by atoms with Gasteiger partial charge in [-0.1, -0.05) is 41.9 Å². The maximum atomic E-state index is 12.7. The largest absolute Gasteiger partial charge is 0.368 e. The van der Waals surface area contributed by atoms with Crippen LogP contribution in [-0.4, -0.2) is 40.4 Å². The van der Waals surface area contributed by atoms with Crippen LogP contribution in [-0.2, 0) is 13.6 Å². The summed E-state index contributed by atoms with van der Waals surface area (Å²) in [5, 5.41) is 9.61. The van der Waals surface area contributed by atoms with E-state index in [1.54, 1.807) is 4.68 Å². The highest BCUT2D eigenvalue weighted by Gasteiger charge is 2.23. The molecule has 3 aromatic rings. The van der Waals surface area contributed by atoms with Gasteiger partial charge in [0.2, 0.25) is 0 Å². The van der Waals surface area contributed by atoms with E-state index in [0.717, 1.165) is 43.2 Å². The number of piperazine rings is 1. The van der Waals surface area contributed by atoms with Crippen molar-refractivity contribution < 1.29 is 0 Å². The molecule has 1 fully saturated rings. The number of nitriles is 1. The minimum absolute atomic E-state index is 0.197. The van der Waals surface area contributed by atoms with Crippen molar-refractivity contribution >= 4 is 17.3 Å². The van der Waals surface area contributed by atoms with Crippen molar-refractivity contribution in [1.82, 2.24) is 14.3 Å². The fourth-order valence-electron chi connectivity index (χ4n) is 3.85. The Labute approximate surface area is 174 Å². The molecule has 0 unspecified atom stereocenters. The Kier molecular flexibility index (Phi) is 5.43. The molecule has 0 bridgehead atoms. The molecule has 1 aliphatic heterocycles. The molecule has 1 aromatic heterocycles. The molecule has 7 heteroatoms. The minimum atomic E-state index is -0.197. The molecular formula is C22H22ClN5O. The third kappa shape index (κ3) is 3.67. The Balaban J connectivity index is 1.51. The van der Waals surface area contributed by atoms with Crippen molar-refractivity contribution in [3.8, 4) is 11.8 Å². The topological polar surface area (TPSA) is 57.2 Å². The standard InChI is InChI=1S/C22H22ClN5O/c1-25-20(21(23)22(29)28(25)18-8-3-2-4-9-18)16-26-11-13-27(14-12-26)19-10-6-5-7-17(19)15-24/h2-10H,11-14,16H2,1H3. The van der Waals surface area contributed by atoms with E-state index in [4.69, 9.17) is 11.6 Å². The summed E-state index contributed by atoms with van der Waals surface area (Å²) >= 11 is 6.43. The maximum absolute atomic E-state index is 12.7. The number of hydrogen-bond acceptors (Lipinski definition) is 4. The van der Waals surface area contributed by atoms with E-state index >= 15 is 0 Å². The van der Waals surface area contributed by atoms with E-state index in [9.17, 15) is 10.1 Å². The van der Waals surface area contributed by atoms with Gasteiger partial charge in [-0.3, -0.25) is 14.4 Å². The van der Waals surface area contributed by atoms with Crippen LogP contribution >= 0.6 is 11.6 Å². The predicted molar refractivity (Wildman–Crippen MR) is 115 cm³/mol. The first-order valence-electron chi connectivity index (χ1n) is 9.58. The molecule has 0 spiro atoms. The second-order valence-electron chi connectivity index (χ2n) is 7.13. The van der Waals surface area contributed by atoms with E-state index in [1.807, 2.05) is 66.3 Å². The van der Waals surface area contributed by atoms with Crippen molar-refractivity contribution in [2.75, 3.05) is 31.1 Å².